The minimum Gasteiger partial charge on any atom is -0.357 e. The third-order valence-electron chi connectivity index (χ3n) is 0.0760. The molecule has 0 aliphatic rings. The molecular formula is CH2FNOS. The molecular weight excluding hydrogens is 93.1 g/mol. The zero-order valence-electron chi connectivity index (χ0n) is 2.27. The normalized spacial score (nSPS) is 6.60. The highest BCUT2D eigenvalue weighted by molar-refractivity contribution is 7.79. The predicted molar refractivity (Wildman–Crippen MR) is 19.0 cm³/mol. The van der Waals surface area contributed by atoms with Crippen LogP contribution >= 0.6 is 12.2 Å². The summed E-state index contributed by atoms with van der Waals surface area (Å²) in [6.07, 6.45) is 0. The lowest BCUT2D eigenvalue weighted by atomic mass is 11.4. The molecule has 0 unspecified atom stereocenters. The summed E-state index contributed by atoms with van der Waals surface area (Å²) in [6, 6.07) is 0. The number of hydrogen-bond acceptors (Lipinski definition) is 2. The Morgan fingerprint density at radius 1 is 2.00 bits per heavy atom. The molecule has 30 valence electrons. The van der Waals surface area contributed by atoms with Crippen LogP contribution in [0.1, 0.15) is 0 Å². The van der Waals surface area contributed by atoms with Crippen molar-refractivity contribution in [2.45, 2.75) is 0 Å². The first kappa shape index (κ1) is 4.62. The van der Waals surface area contributed by atoms with Crippen molar-refractivity contribution >= 4 is 17.4 Å². The fourth-order valence-electron chi connectivity index (χ4n) is 0. The number of thiocarbonyl (C=S) groups is 1. The fourth-order valence-corrected chi connectivity index (χ4v) is 0. The minimum absolute atomic E-state index is 0.579. The van der Waals surface area contributed by atoms with Crippen molar-refractivity contribution in [2.75, 3.05) is 0 Å². The lowest BCUT2D eigenvalue weighted by Crippen LogP contribution is -2.06. The first-order valence-corrected chi connectivity index (χ1v) is 1.26. The van der Waals surface area contributed by atoms with E-state index in [1.165, 1.54) is 0 Å². The first-order chi connectivity index (χ1) is 2.27. The van der Waals surface area contributed by atoms with E-state index < -0.39 is 5.17 Å². The van der Waals surface area contributed by atoms with E-state index in [-0.39, 0.29) is 0 Å². The van der Waals surface area contributed by atoms with Gasteiger partial charge in [0.1, 0.15) is 0 Å². The van der Waals surface area contributed by atoms with Crippen molar-refractivity contribution in [1.29, 1.82) is 0 Å². The van der Waals surface area contributed by atoms with Crippen LogP contribution in [-0.4, -0.2) is 5.17 Å². The molecule has 0 aliphatic heterocycles. The number of nitrogens with two attached hydrogens (primary N) is 1. The zero-order valence-corrected chi connectivity index (χ0v) is 3.09. The molecule has 0 heterocycles. The molecule has 0 saturated carbocycles. The topological polar surface area (TPSA) is 35.2 Å². The summed E-state index contributed by atoms with van der Waals surface area (Å²) in [5.41, 5.74) is 4.43. The third-order valence-corrected chi connectivity index (χ3v) is 0.139. The largest absolute Gasteiger partial charge is 0.357 e. The van der Waals surface area contributed by atoms with Gasteiger partial charge in [0, 0.05) is 4.53 Å². The van der Waals surface area contributed by atoms with Crippen molar-refractivity contribution in [3.05, 3.63) is 0 Å². The lowest BCUT2D eigenvalue weighted by molar-refractivity contribution is -0.0212. The van der Waals surface area contributed by atoms with Crippen LogP contribution in [0.25, 0.3) is 0 Å². The molecule has 0 saturated heterocycles. The molecule has 0 amide bonds. The van der Waals surface area contributed by atoms with Gasteiger partial charge >= 0.3 is 5.17 Å². The van der Waals surface area contributed by atoms with Crippen molar-refractivity contribution in [3.63, 3.8) is 0 Å². The van der Waals surface area contributed by atoms with E-state index in [0.717, 1.165) is 0 Å². The van der Waals surface area contributed by atoms with Crippen LogP contribution in [0.15, 0.2) is 0 Å². The smallest absolute Gasteiger partial charge is 0.300 e. The number of halogens is 1. The first-order valence-electron chi connectivity index (χ1n) is 0.851. The van der Waals surface area contributed by atoms with E-state index >= 15 is 0 Å². The summed E-state index contributed by atoms with van der Waals surface area (Å²) in [5.74, 6) is 0. The molecule has 0 aromatic rings. The van der Waals surface area contributed by atoms with E-state index in [9.17, 15) is 4.53 Å². The summed E-state index contributed by atoms with van der Waals surface area (Å²) in [6.45, 7) is 0. The maximum Gasteiger partial charge on any atom is 0.300 e. The molecule has 0 fully saturated rings. The Morgan fingerprint density at radius 3 is 2.20 bits per heavy atom. The second-order valence-electron chi connectivity index (χ2n) is 0.396. The van der Waals surface area contributed by atoms with E-state index in [1.807, 2.05) is 0 Å². The van der Waals surface area contributed by atoms with Gasteiger partial charge in [0.15, 0.2) is 0 Å². The van der Waals surface area contributed by atoms with Crippen LogP contribution in [0.5, 0.6) is 0 Å². The Balaban J connectivity index is 2.85. The van der Waals surface area contributed by atoms with Gasteiger partial charge in [-0.3, -0.25) is 4.94 Å². The summed E-state index contributed by atoms with van der Waals surface area (Å²) in [7, 11) is 0. The van der Waals surface area contributed by atoms with Gasteiger partial charge in [-0.1, -0.05) is 0 Å². The molecule has 0 bridgehead atoms. The highest BCUT2D eigenvalue weighted by atomic mass is 32.1. The maximum absolute atomic E-state index is 10.3. The zero-order chi connectivity index (χ0) is 4.28. The summed E-state index contributed by atoms with van der Waals surface area (Å²) >= 11 is 3.88. The number of rotatable bonds is 0. The lowest BCUT2D eigenvalue weighted by Gasteiger charge is -1.76. The van der Waals surface area contributed by atoms with Gasteiger partial charge in [0.25, 0.3) is 0 Å². The summed E-state index contributed by atoms with van der Waals surface area (Å²) in [5, 5.41) is -0.579. The molecule has 0 aliphatic carbocycles. The van der Waals surface area contributed by atoms with Crippen LogP contribution < -0.4 is 5.73 Å². The Bertz CT molecular complexity index is 46.9. The molecule has 0 radical (unpaired) electrons. The van der Waals surface area contributed by atoms with Gasteiger partial charge in [-0.25, -0.2) is 0 Å². The van der Waals surface area contributed by atoms with Gasteiger partial charge < -0.3 is 5.73 Å². The van der Waals surface area contributed by atoms with E-state index in [1.54, 1.807) is 0 Å². The Labute approximate surface area is 33.6 Å². The second kappa shape index (κ2) is 1.90. The minimum atomic E-state index is -0.579. The highest BCUT2D eigenvalue weighted by Gasteiger charge is 1.75. The van der Waals surface area contributed by atoms with Crippen molar-refractivity contribution in [3.8, 4) is 0 Å². The van der Waals surface area contributed by atoms with Gasteiger partial charge in [-0.2, -0.15) is 0 Å². The quantitative estimate of drug-likeness (QED) is 0.434. The third kappa shape index (κ3) is 3.62. The number of hydrogen-bond donors (Lipinski definition) is 1. The van der Waals surface area contributed by atoms with Gasteiger partial charge in [-0.15, -0.1) is 0 Å². The van der Waals surface area contributed by atoms with Crippen LogP contribution in [0.3, 0.4) is 0 Å². The molecule has 2 N–H and O–H groups in total. The van der Waals surface area contributed by atoms with Crippen molar-refractivity contribution < 1.29 is 9.47 Å². The highest BCUT2D eigenvalue weighted by Crippen LogP contribution is 1.67. The standard InChI is InChI=1S/CH2FNOS/c2-4-1(3)5/h(H2,3,5). The average Bonchev–Trinajstić information content (AvgIpc) is 1.38. The van der Waals surface area contributed by atoms with Crippen molar-refractivity contribution in [2.24, 2.45) is 5.73 Å². The van der Waals surface area contributed by atoms with E-state index in [4.69, 9.17) is 0 Å². The van der Waals surface area contributed by atoms with Crippen LogP contribution in [0.2, 0.25) is 0 Å². The average molecular weight is 95.1 g/mol. The van der Waals surface area contributed by atoms with Crippen molar-refractivity contribution in [1.82, 2.24) is 0 Å². The van der Waals surface area contributed by atoms with Crippen LogP contribution in [0.4, 0.5) is 4.53 Å². The predicted octanol–water partition coefficient (Wildman–Crippen LogP) is 0.131. The summed E-state index contributed by atoms with van der Waals surface area (Å²) < 4.78 is 10.3. The molecule has 0 atom stereocenters. The molecule has 2 nitrogen and oxygen atoms in total. The Kier molecular flexibility index (Phi) is 1.75. The van der Waals surface area contributed by atoms with Crippen LogP contribution in [0, 0.1) is 0 Å². The molecule has 0 aromatic carbocycles. The molecule has 5 heavy (non-hydrogen) atoms. The van der Waals surface area contributed by atoms with Crippen LogP contribution in [-0.2, 0) is 4.94 Å². The molecule has 0 spiro atoms. The van der Waals surface area contributed by atoms with Gasteiger partial charge in [0.05, 0.1) is 0 Å². The van der Waals surface area contributed by atoms with E-state index in [0.29, 0.717) is 0 Å². The fraction of sp³-hybridized carbons (Fsp3) is 0. The van der Waals surface area contributed by atoms with Gasteiger partial charge in [-0.05, 0) is 12.2 Å². The Hall–Kier alpha value is -0.380. The molecule has 4 heteroatoms. The monoisotopic (exact) mass is 95.0 g/mol. The van der Waals surface area contributed by atoms with Gasteiger partial charge in [0.2, 0.25) is 0 Å². The second-order valence-corrected chi connectivity index (χ2v) is 0.799. The molecule has 0 rings (SSSR count). The SMILES string of the molecule is NC(=S)OF. The Morgan fingerprint density at radius 2 is 2.20 bits per heavy atom. The summed E-state index contributed by atoms with van der Waals surface area (Å²) in [4.78, 5) is 2.76. The molecule has 0 aromatic heterocycles. The maximum atomic E-state index is 10.3. The van der Waals surface area contributed by atoms with E-state index in [2.05, 4.69) is 22.9 Å².